The van der Waals surface area contributed by atoms with Crippen LogP contribution in [0.25, 0.3) is 6.08 Å². The zero-order chi connectivity index (χ0) is 16.7. The Kier molecular flexibility index (Phi) is 5.52. The SMILES string of the molecule is O=C(O)C/C(=C\c1cccc(OCc2ccccc2)c1)C(=O)O. The first kappa shape index (κ1) is 16.3. The molecule has 5 nitrogen and oxygen atoms in total. The lowest BCUT2D eigenvalue weighted by molar-refractivity contribution is -0.139. The molecule has 0 fully saturated rings. The number of benzene rings is 2. The normalized spacial score (nSPS) is 11.0. The highest BCUT2D eigenvalue weighted by Crippen LogP contribution is 2.18. The lowest BCUT2D eigenvalue weighted by atomic mass is 10.1. The second-order valence-electron chi connectivity index (χ2n) is 4.89. The molecule has 2 N–H and O–H groups in total. The average Bonchev–Trinajstić information content (AvgIpc) is 2.53. The maximum atomic E-state index is 11.1. The molecular weight excluding hydrogens is 296 g/mol. The van der Waals surface area contributed by atoms with Crippen molar-refractivity contribution in [3.05, 3.63) is 71.3 Å². The van der Waals surface area contributed by atoms with Gasteiger partial charge in [-0.05, 0) is 29.3 Å². The van der Waals surface area contributed by atoms with E-state index in [0.717, 1.165) is 5.56 Å². The van der Waals surface area contributed by atoms with Crippen LogP contribution >= 0.6 is 0 Å². The molecule has 0 aliphatic carbocycles. The Balaban J connectivity index is 2.12. The van der Waals surface area contributed by atoms with E-state index in [1.807, 2.05) is 30.3 Å². The summed E-state index contributed by atoms with van der Waals surface area (Å²) in [5.74, 6) is -1.85. The summed E-state index contributed by atoms with van der Waals surface area (Å²) in [5, 5.41) is 17.8. The predicted octanol–water partition coefficient (Wildman–Crippen LogP) is 3.21. The van der Waals surface area contributed by atoms with Gasteiger partial charge in [-0.2, -0.15) is 0 Å². The molecule has 5 heteroatoms. The molecule has 0 aliphatic rings. The van der Waals surface area contributed by atoms with E-state index in [0.29, 0.717) is 17.9 Å². The molecule has 0 aromatic heterocycles. The van der Waals surface area contributed by atoms with Crippen LogP contribution in [0.1, 0.15) is 17.5 Å². The minimum absolute atomic E-state index is 0.183. The van der Waals surface area contributed by atoms with Crippen molar-refractivity contribution in [3.8, 4) is 5.75 Å². The van der Waals surface area contributed by atoms with Crippen LogP contribution in [0.2, 0.25) is 0 Å². The van der Waals surface area contributed by atoms with Crippen LogP contribution in [-0.2, 0) is 16.2 Å². The van der Waals surface area contributed by atoms with Crippen LogP contribution in [-0.4, -0.2) is 22.2 Å². The molecule has 23 heavy (non-hydrogen) atoms. The molecule has 0 amide bonds. The van der Waals surface area contributed by atoms with Gasteiger partial charge in [0.25, 0.3) is 0 Å². The lowest BCUT2D eigenvalue weighted by Crippen LogP contribution is -2.06. The zero-order valence-corrected chi connectivity index (χ0v) is 12.3. The van der Waals surface area contributed by atoms with Gasteiger partial charge in [0.05, 0.1) is 6.42 Å². The first-order valence-electron chi connectivity index (χ1n) is 6.97. The van der Waals surface area contributed by atoms with Gasteiger partial charge in [-0.25, -0.2) is 4.79 Å². The molecule has 0 bridgehead atoms. The third-order valence-electron chi connectivity index (χ3n) is 3.06. The Morgan fingerprint density at radius 2 is 1.74 bits per heavy atom. The van der Waals surface area contributed by atoms with Crippen LogP contribution in [0.5, 0.6) is 5.75 Å². The molecular formula is C18H16O5. The Morgan fingerprint density at radius 1 is 1.00 bits per heavy atom. The zero-order valence-electron chi connectivity index (χ0n) is 12.3. The molecule has 2 rings (SSSR count). The van der Waals surface area contributed by atoms with Crippen molar-refractivity contribution in [1.29, 1.82) is 0 Å². The van der Waals surface area contributed by atoms with Crippen LogP contribution in [0.4, 0.5) is 0 Å². The van der Waals surface area contributed by atoms with Crippen LogP contribution in [0.15, 0.2) is 60.2 Å². The Hall–Kier alpha value is -3.08. The molecule has 0 aliphatic heterocycles. The lowest BCUT2D eigenvalue weighted by Gasteiger charge is -2.07. The minimum Gasteiger partial charge on any atom is -0.489 e. The fourth-order valence-electron chi connectivity index (χ4n) is 1.99. The van der Waals surface area contributed by atoms with Crippen molar-refractivity contribution in [2.45, 2.75) is 13.0 Å². The van der Waals surface area contributed by atoms with E-state index in [1.54, 1.807) is 24.3 Å². The Bertz CT molecular complexity index is 719. The van der Waals surface area contributed by atoms with Gasteiger partial charge in [-0.3, -0.25) is 4.79 Å². The molecule has 0 spiro atoms. The number of hydrogen-bond acceptors (Lipinski definition) is 3. The molecule has 0 radical (unpaired) electrons. The first-order chi connectivity index (χ1) is 11.0. The largest absolute Gasteiger partial charge is 0.489 e. The van der Waals surface area contributed by atoms with Crippen molar-refractivity contribution in [1.82, 2.24) is 0 Å². The van der Waals surface area contributed by atoms with E-state index in [2.05, 4.69) is 0 Å². The van der Waals surface area contributed by atoms with Crippen LogP contribution in [0, 0.1) is 0 Å². The van der Waals surface area contributed by atoms with Crippen LogP contribution < -0.4 is 4.74 Å². The number of rotatable bonds is 7. The second kappa shape index (κ2) is 7.79. The molecule has 0 unspecified atom stereocenters. The predicted molar refractivity (Wildman–Crippen MR) is 85.1 cm³/mol. The molecule has 118 valence electrons. The van der Waals surface area contributed by atoms with Gasteiger partial charge in [-0.1, -0.05) is 42.5 Å². The standard InChI is InChI=1S/C18H16O5/c19-17(20)11-15(18(21)22)9-14-7-4-8-16(10-14)23-12-13-5-2-1-3-6-13/h1-10H,11-12H2,(H,19,20)(H,21,22)/b15-9+. The average molecular weight is 312 g/mol. The second-order valence-corrected chi connectivity index (χ2v) is 4.89. The fourth-order valence-corrected chi connectivity index (χ4v) is 1.99. The summed E-state index contributed by atoms with van der Waals surface area (Å²) >= 11 is 0. The van der Waals surface area contributed by atoms with Crippen molar-refractivity contribution >= 4 is 18.0 Å². The van der Waals surface area contributed by atoms with Gasteiger partial charge in [0, 0.05) is 5.57 Å². The minimum atomic E-state index is -1.25. The van der Waals surface area contributed by atoms with E-state index < -0.39 is 18.4 Å². The van der Waals surface area contributed by atoms with Gasteiger partial charge in [0.15, 0.2) is 0 Å². The van der Waals surface area contributed by atoms with Gasteiger partial charge in [0.2, 0.25) is 0 Å². The summed E-state index contributed by atoms with van der Waals surface area (Å²) in [6.07, 6.45) is 0.802. The van der Waals surface area contributed by atoms with Gasteiger partial charge in [-0.15, -0.1) is 0 Å². The van der Waals surface area contributed by atoms with E-state index >= 15 is 0 Å². The van der Waals surface area contributed by atoms with Gasteiger partial charge in [0.1, 0.15) is 12.4 Å². The highest BCUT2D eigenvalue weighted by molar-refractivity contribution is 5.96. The highest BCUT2D eigenvalue weighted by Gasteiger charge is 2.12. The quantitative estimate of drug-likeness (QED) is 0.767. The molecule has 0 saturated heterocycles. The van der Waals surface area contributed by atoms with Crippen molar-refractivity contribution in [2.75, 3.05) is 0 Å². The third kappa shape index (κ3) is 5.32. The summed E-state index contributed by atoms with van der Waals surface area (Å²) in [5.41, 5.74) is 1.41. The van der Waals surface area contributed by atoms with E-state index in [4.69, 9.17) is 14.9 Å². The number of carboxylic acids is 2. The molecule has 2 aromatic carbocycles. The smallest absolute Gasteiger partial charge is 0.332 e. The summed E-state index contributed by atoms with van der Waals surface area (Å²) < 4.78 is 5.66. The molecule has 0 saturated carbocycles. The summed E-state index contributed by atoms with van der Waals surface area (Å²) in [6, 6.07) is 16.5. The van der Waals surface area contributed by atoms with Gasteiger partial charge >= 0.3 is 11.9 Å². The fraction of sp³-hybridized carbons (Fsp3) is 0.111. The number of ether oxygens (including phenoxy) is 1. The van der Waals surface area contributed by atoms with E-state index in [1.165, 1.54) is 6.08 Å². The van der Waals surface area contributed by atoms with Crippen molar-refractivity contribution < 1.29 is 24.5 Å². The molecule has 0 heterocycles. The van der Waals surface area contributed by atoms with Gasteiger partial charge < -0.3 is 14.9 Å². The summed E-state index contributed by atoms with van der Waals surface area (Å²) in [7, 11) is 0. The number of aliphatic carboxylic acids is 2. The molecule has 2 aromatic rings. The summed E-state index contributed by atoms with van der Waals surface area (Å²) in [4.78, 5) is 21.8. The number of carbonyl (C=O) groups is 2. The number of hydrogen-bond donors (Lipinski definition) is 2. The van der Waals surface area contributed by atoms with Crippen LogP contribution in [0.3, 0.4) is 0 Å². The molecule has 0 atom stereocenters. The van der Waals surface area contributed by atoms with Crippen molar-refractivity contribution in [3.63, 3.8) is 0 Å². The maximum Gasteiger partial charge on any atom is 0.332 e. The number of carboxylic acid groups (broad SMARTS) is 2. The topological polar surface area (TPSA) is 83.8 Å². The van der Waals surface area contributed by atoms with E-state index in [-0.39, 0.29) is 5.57 Å². The van der Waals surface area contributed by atoms with Crippen molar-refractivity contribution in [2.24, 2.45) is 0 Å². The highest BCUT2D eigenvalue weighted by atomic mass is 16.5. The first-order valence-corrected chi connectivity index (χ1v) is 6.97. The maximum absolute atomic E-state index is 11.1. The third-order valence-corrected chi connectivity index (χ3v) is 3.06. The summed E-state index contributed by atoms with van der Waals surface area (Å²) in [6.45, 7) is 0.398. The Labute approximate surface area is 133 Å². The van der Waals surface area contributed by atoms with E-state index in [9.17, 15) is 9.59 Å². The Morgan fingerprint density at radius 3 is 2.39 bits per heavy atom. The monoisotopic (exact) mass is 312 g/mol.